The molecule has 1 unspecified atom stereocenters. The zero-order valence-corrected chi connectivity index (χ0v) is 14.5. The van der Waals surface area contributed by atoms with Gasteiger partial charge in [0.2, 0.25) is 5.89 Å². The lowest BCUT2D eigenvalue weighted by molar-refractivity contribution is 0.183. The fourth-order valence-corrected chi connectivity index (χ4v) is 3.38. The summed E-state index contributed by atoms with van der Waals surface area (Å²) in [6.45, 7) is 7.66. The normalized spacial score (nSPS) is 19.3. The molecule has 2 amide bonds. The Balaban J connectivity index is 1.70. The summed E-state index contributed by atoms with van der Waals surface area (Å²) in [6.07, 6.45) is 2.58. The number of aryl methyl sites for hydroxylation is 1. The maximum Gasteiger partial charge on any atom is 0.317 e. The molecule has 0 aliphatic carbocycles. The van der Waals surface area contributed by atoms with Crippen LogP contribution in [0.15, 0.2) is 4.52 Å². The number of rotatable bonds is 5. The third-order valence-electron chi connectivity index (χ3n) is 3.79. The highest BCUT2D eigenvalue weighted by Gasteiger charge is 2.21. The molecule has 1 aromatic rings. The summed E-state index contributed by atoms with van der Waals surface area (Å²) >= 11 is 1.92. The Kier molecular flexibility index (Phi) is 6.54. The maximum atomic E-state index is 12.2. The highest BCUT2D eigenvalue weighted by molar-refractivity contribution is 7.99. The number of thioether (sulfide) groups is 1. The van der Waals surface area contributed by atoms with E-state index in [0.29, 0.717) is 24.9 Å². The number of nitrogens with one attached hydrogen (secondary N) is 1. The van der Waals surface area contributed by atoms with E-state index in [2.05, 4.69) is 22.4 Å². The van der Waals surface area contributed by atoms with E-state index in [4.69, 9.17) is 4.52 Å². The van der Waals surface area contributed by atoms with Crippen LogP contribution in [0.2, 0.25) is 0 Å². The van der Waals surface area contributed by atoms with Crippen LogP contribution < -0.4 is 5.32 Å². The monoisotopic (exact) mass is 326 g/mol. The van der Waals surface area contributed by atoms with Crippen LogP contribution >= 0.6 is 11.8 Å². The van der Waals surface area contributed by atoms with Gasteiger partial charge in [-0.3, -0.25) is 0 Å². The van der Waals surface area contributed by atoms with Crippen molar-refractivity contribution in [3.8, 4) is 0 Å². The first-order valence-corrected chi connectivity index (χ1v) is 9.18. The van der Waals surface area contributed by atoms with Gasteiger partial charge >= 0.3 is 6.03 Å². The number of aromatic nitrogens is 2. The number of amides is 2. The maximum absolute atomic E-state index is 12.2. The van der Waals surface area contributed by atoms with Gasteiger partial charge in [0, 0.05) is 37.2 Å². The van der Waals surface area contributed by atoms with Crippen LogP contribution in [0, 0.1) is 0 Å². The third-order valence-corrected chi connectivity index (χ3v) is 4.79. The first-order chi connectivity index (χ1) is 10.6. The minimum atomic E-state index is 0.0448. The largest absolute Gasteiger partial charge is 0.339 e. The van der Waals surface area contributed by atoms with Crippen molar-refractivity contribution in [3.05, 3.63) is 11.7 Å². The summed E-state index contributed by atoms with van der Waals surface area (Å²) < 4.78 is 5.20. The van der Waals surface area contributed by atoms with E-state index >= 15 is 0 Å². The van der Waals surface area contributed by atoms with E-state index in [0.717, 1.165) is 36.7 Å². The van der Waals surface area contributed by atoms with Gasteiger partial charge < -0.3 is 14.7 Å². The van der Waals surface area contributed by atoms with Crippen molar-refractivity contribution in [1.29, 1.82) is 0 Å². The Morgan fingerprint density at radius 2 is 2.32 bits per heavy atom. The molecule has 2 heterocycles. The van der Waals surface area contributed by atoms with Gasteiger partial charge in [0.25, 0.3) is 0 Å². The summed E-state index contributed by atoms with van der Waals surface area (Å²) in [5.74, 6) is 3.84. The first-order valence-electron chi connectivity index (χ1n) is 8.02. The average molecular weight is 326 g/mol. The molecule has 1 atom stereocenters. The van der Waals surface area contributed by atoms with Crippen molar-refractivity contribution in [2.24, 2.45) is 0 Å². The molecular formula is C15H26N4O2S. The third kappa shape index (κ3) is 4.90. The number of carbonyl (C=O) groups excluding carboxylic acids is 1. The Bertz CT molecular complexity index is 478. The Morgan fingerprint density at radius 3 is 3.05 bits per heavy atom. The fraction of sp³-hybridized carbons (Fsp3) is 0.800. The van der Waals surface area contributed by atoms with Gasteiger partial charge in [-0.2, -0.15) is 16.7 Å². The topological polar surface area (TPSA) is 71.3 Å². The highest BCUT2D eigenvalue weighted by atomic mass is 32.2. The van der Waals surface area contributed by atoms with Crippen molar-refractivity contribution < 1.29 is 9.32 Å². The molecule has 1 aliphatic rings. The molecule has 0 saturated carbocycles. The van der Waals surface area contributed by atoms with Crippen LogP contribution in [0.25, 0.3) is 0 Å². The predicted molar refractivity (Wildman–Crippen MR) is 88.2 cm³/mol. The van der Waals surface area contributed by atoms with Crippen molar-refractivity contribution in [3.63, 3.8) is 0 Å². The zero-order valence-electron chi connectivity index (χ0n) is 13.7. The molecule has 7 heteroatoms. The molecule has 1 N–H and O–H groups in total. The molecule has 0 bridgehead atoms. The van der Waals surface area contributed by atoms with Crippen LogP contribution in [0.5, 0.6) is 0 Å². The van der Waals surface area contributed by atoms with Crippen molar-refractivity contribution in [1.82, 2.24) is 20.4 Å². The van der Waals surface area contributed by atoms with Gasteiger partial charge in [-0.1, -0.05) is 19.0 Å². The van der Waals surface area contributed by atoms with E-state index in [9.17, 15) is 4.79 Å². The van der Waals surface area contributed by atoms with Crippen LogP contribution in [0.1, 0.15) is 51.2 Å². The van der Waals surface area contributed by atoms with E-state index in [1.165, 1.54) is 0 Å². The van der Waals surface area contributed by atoms with Crippen molar-refractivity contribution in [2.75, 3.05) is 24.6 Å². The van der Waals surface area contributed by atoms with Crippen LogP contribution in [-0.4, -0.2) is 51.7 Å². The van der Waals surface area contributed by atoms with Crippen molar-refractivity contribution in [2.45, 2.75) is 52.0 Å². The minimum Gasteiger partial charge on any atom is -0.339 e. The second-order valence-corrected chi connectivity index (χ2v) is 7.20. The molecule has 1 fully saturated rings. The molecule has 22 heavy (non-hydrogen) atoms. The predicted octanol–water partition coefficient (Wildman–Crippen LogP) is 2.66. The SMILES string of the molecule is CC(C)c1noc(CCCNC(=O)N2CCSCCC2C)n1. The molecule has 124 valence electrons. The number of nitrogens with zero attached hydrogens (tertiary/aromatic N) is 3. The Morgan fingerprint density at radius 1 is 1.50 bits per heavy atom. The lowest BCUT2D eigenvalue weighted by Crippen LogP contribution is -2.45. The van der Waals surface area contributed by atoms with Gasteiger partial charge in [-0.15, -0.1) is 0 Å². The van der Waals surface area contributed by atoms with Crippen LogP contribution in [0.4, 0.5) is 4.79 Å². The van der Waals surface area contributed by atoms with Gasteiger partial charge in [-0.05, 0) is 25.5 Å². The molecule has 1 aliphatic heterocycles. The second-order valence-electron chi connectivity index (χ2n) is 5.98. The number of urea groups is 1. The smallest absolute Gasteiger partial charge is 0.317 e. The first kappa shape index (κ1) is 17.1. The van der Waals surface area contributed by atoms with E-state index < -0.39 is 0 Å². The molecule has 6 nitrogen and oxygen atoms in total. The summed E-state index contributed by atoms with van der Waals surface area (Å²) in [4.78, 5) is 18.5. The molecular weight excluding hydrogens is 300 g/mol. The molecule has 1 saturated heterocycles. The molecule has 1 aromatic heterocycles. The Labute approximate surface area is 136 Å². The van der Waals surface area contributed by atoms with Crippen LogP contribution in [0.3, 0.4) is 0 Å². The van der Waals surface area contributed by atoms with E-state index in [1.807, 2.05) is 30.5 Å². The zero-order chi connectivity index (χ0) is 15.9. The van der Waals surface area contributed by atoms with Gasteiger partial charge in [0.05, 0.1) is 0 Å². The number of carbonyl (C=O) groups is 1. The Hall–Kier alpha value is -1.24. The fourth-order valence-electron chi connectivity index (χ4n) is 2.34. The van der Waals surface area contributed by atoms with E-state index in [-0.39, 0.29) is 11.9 Å². The van der Waals surface area contributed by atoms with E-state index in [1.54, 1.807) is 0 Å². The molecule has 2 rings (SSSR count). The number of hydrogen-bond donors (Lipinski definition) is 1. The minimum absolute atomic E-state index is 0.0448. The molecule has 0 aromatic carbocycles. The van der Waals surface area contributed by atoms with Gasteiger partial charge in [0.15, 0.2) is 5.82 Å². The molecule has 0 spiro atoms. The summed E-state index contributed by atoms with van der Waals surface area (Å²) in [5, 5.41) is 6.94. The summed E-state index contributed by atoms with van der Waals surface area (Å²) in [6, 6.07) is 0.364. The van der Waals surface area contributed by atoms with Crippen molar-refractivity contribution >= 4 is 17.8 Å². The average Bonchev–Trinajstić information content (AvgIpc) is 2.86. The lowest BCUT2D eigenvalue weighted by atomic mass is 10.2. The van der Waals surface area contributed by atoms with Crippen LogP contribution in [-0.2, 0) is 6.42 Å². The quantitative estimate of drug-likeness (QED) is 0.842. The molecule has 0 radical (unpaired) electrons. The lowest BCUT2D eigenvalue weighted by Gasteiger charge is -2.26. The number of hydrogen-bond acceptors (Lipinski definition) is 5. The highest BCUT2D eigenvalue weighted by Crippen LogP contribution is 2.16. The second kappa shape index (κ2) is 8.41. The summed E-state index contributed by atoms with van der Waals surface area (Å²) in [7, 11) is 0. The summed E-state index contributed by atoms with van der Waals surface area (Å²) in [5.41, 5.74) is 0. The van der Waals surface area contributed by atoms with Gasteiger partial charge in [0.1, 0.15) is 0 Å². The van der Waals surface area contributed by atoms with Gasteiger partial charge in [-0.25, -0.2) is 4.79 Å². The standard InChI is InChI=1S/C15H26N4O2S/c1-11(2)14-17-13(21-18-14)5-4-7-16-15(20)19-8-10-22-9-6-12(19)3/h11-12H,4-10H2,1-3H3,(H,16,20).